The van der Waals surface area contributed by atoms with Crippen LogP contribution in [0.25, 0.3) is 0 Å². The van der Waals surface area contributed by atoms with Crippen molar-refractivity contribution in [2.45, 2.75) is 18.9 Å². The SMILES string of the molecule is CS(=O)(=O)N[C@H]1CN(C(=O)c2cc(F)cc(C#N)c2)C[C@@H]1C1CC1. The second-order valence-corrected chi connectivity index (χ2v) is 8.33. The highest BCUT2D eigenvalue weighted by Crippen LogP contribution is 2.41. The van der Waals surface area contributed by atoms with Gasteiger partial charge in [0.05, 0.1) is 17.9 Å². The second-order valence-electron chi connectivity index (χ2n) is 6.55. The molecule has 6 nitrogen and oxygen atoms in total. The van der Waals surface area contributed by atoms with Crippen LogP contribution >= 0.6 is 0 Å². The highest BCUT2D eigenvalue weighted by atomic mass is 32.2. The number of hydrogen-bond donors (Lipinski definition) is 1. The molecule has 0 radical (unpaired) electrons. The lowest BCUT2D eigenvalue weighted by Crippen LogP contribution is -2.41. The van der Waals surface area contributed by atoms with E-state index in [9.17, 15) is 17.6 Å². The van der Waals surface area contributed by atoms with E-state index in [1.807, 2.05) is 6.07 Å². The van der Waals surface area contributed by atoms with Gasteiger partial charge in [-0.1, -0.05) is 0 Å². The Labute approximate surface area is 140 Å². The molecular weight excluding hydrogens is 333 g/mol. The van der Waals surface area contributed by atoms with Crippen LogP contribution in [-0.4, -0.2) is 44.6 Å². The lowest BCUT2D eigenvalue weighted by atomic mass is 9.99. The number of nitrogens with one attached hydrogen (secondary N) is 1. The molecule has 1 N–H and O–H groups in total. The number of likely N-dealkylation sites (tertiary alicyclic amines) is 1. The van der Waals surface area contributed by atoms with Crippen LogP contribution in [0, 0.1) is 29.0 Å². The molecule has 1 amide bonds. The Balaban J connectivity index is 1.81. The zero-order valence-electron chi connectivity index (χ0n) is 13.2. The molecule has 0 spiro atoms. The Morgan fingerprint density at radius 1 is 1.33 bits per heavy atom. The molecule has 1 aromatic rings. The fourth-order valence-electron chi connectivity index (χ4n) is 3.36. The quantitative estimate of drug-likeness (QED) is 0.879. The summed E-state index contributed by atoms with van der Waals surface area (Å²) in [7, 11) is -3.37. The summed E-state index contributed by atoms with van der Waals surface area (Å²) in [4.78, 5) is 14.2. The number of hydrogen-bond acceptors (Lipinski definition) is 4. The lowest BCUT2D eigenvalue weighted by molar-refractivity contribution is 0.0784. The van der Waals surface area contributed by atoms with Crippen LogP contribution in [0.1, 0.15) is 28.8 Å². The number of sulfonamides is 1. The molecule has 2 aliphatic rings. The first-order chi connectivity index (χ1) is 11.3. The molecule has 3 rings (SSSR count). The number of rotatable bonds is 4. The minimum absolute atomic E-state index is 0.0765. The topological polar surface area (TPSA) is 90.3 Å². The highest BCUT2D eigenvalue weighted by Gasteiger charge is 2.44. The van der Waals surface area contributed by atoms with Crippen molar-refractivity contribution in [1.29, 1.82) is 5.26 Å². The maximum atomic E-state index is 13.6. The lowest BCUT2D eigenvalue weighted by Gasteiger charge is -2.17. The van der Waals surface area contributed by atoms with Crippen molar-refractivity contribution in [2.75, 3.05) is 19.3 Å². The number of carbonyl (C=O) groups excluding carboxylic acids is 1. The third kappa shape index (κ3) is 3.74. The molecule has 2 fully saturated rings. The van der Waals surface area contributed by atoms with Crippen LogP contribution in [0.3, 0.4) is 0 Å². The summed E-state index contributed by atoms with van der Waals surface area (Å²) in [5.41, 5.74) is 0.197. The highest BCUT2D eigenvalue weighted by molar-refractivity contribution is 7.88. The van der Waals surface area contributed by atoms with E-state index in [1.165, 1.54) is 6.07 Å². The standard InChI is InChI=1S/C16H18FN3O3S/c1-24(22,23)19-15-9-20(8-14(15)11-2-3-11)16(21)12-4-10(7-18)5-13(17)6-12/h4-6,11,14-15,19H,2-3,8-9H2,1H3/t14-,15+/m1/s1. The van der Waals surface area contributed by atoms with Gasteiger partial charge in [-0.25, -0.2) is 17.5 Å². The van der Waals surface area contributed by atoms with Crippen molar-refractivity contribution >= 4 is 15.9 Å². The first-order valence-corrected chi connectivity index (χ1v) is 9.63. The van der Waals surface area contributed by atoms with Crippen LogP contribution < -0.4 is 4.72 Å². The predicted molar refractivity (Wildman–Crippen MR) is 85.0 cm³/mol. The summed E-state index contributed by atoms with van der Waals surface area (Å²) in [6, 6.07) is 5.04. The number of amides is 1. The van der Waals surface area contributed by atoms with Gasteiger partial charge in [0.1, 0.15) is 5.82 Å². The van der Waals surface area contributed by atoms with Crippen LogP contribution in [0.4, 0.5) is 4.39 Å². The van der Waals surface area contributed by atoms with Gasteiger partial charge in [0, 0.05) is 24.7 Å². The Morgan fingerprint density at radius 2 is 2.04 bits per heavy atom. The van der Waals surface area contributed by atoms with Crippen molar-refractivity contribution in [3.63, 3.8) is 0 Å². The van der Waals surface area contributed by atoms with E-state index < -0.39 is 15.8 Å². The fraction of sp³-hybridized carbons (Fsp3) is 0.500. The number of benzene rings is 1. The van der Waals surface area contributed by atoms with E-state index in [4.69, 9.17) is 5.26 Å². The van der Waals surface area contributed by atoms with Crippen molar-refractivity contribution in [1.82, 2.24) is 9.62 Å². The average Bonchev–Trinajstić information content (AvgIpc) is 3.26. The third-order valence-corrected chi connectivity index (χ3v) is 5.25. The smallest absolute Gasteiger partial charge is 0.254 e. The minimum Gasteiger partial charge on any atom is -0.337 e. The predicted octanol–water partition coefficient (Wildman–Crippen LogP) is 1.10. The van der Waals surface area contributed by atoms with E-state index in [1.54, 1.807) is 4.90 Å². The second kappa shape index (κ2) is 6.15. The molecular formula is C16H18FN3O3S. The maximum absolute atomic E-state index is 13.6. The summed E-state index contributed by atoms with van der Waals surface area (Å²) in [6.45, 7) is 0.695. The molecule has 1 saturated carbocycles. The van der Waals surface area contributed by atoms with Gasteiger partial charge >= 0.3 is 0 Å². The van der Waals surface area contributed by atoms with Crippen LogP contribution in [0.15, 0.2) is 18.2 Å². The Hall–Kier alpha value is -1.98. The number of halogens is 1. The summed E-state index contributed by atoms with van der Waals surface area (Å²) in [5, 5.41) is 8.91. The molecule has 1 aromatic carbocycles. The van der Waals surface area contributed by atoms with Gasteiger partial charge in [0.15, 0.2) is 0 Å². The first kappa shape index (κ1) is 16.9. The van der Waals surface area contributed by atoms with E-state index in [0.717, 1.165) is 31.2 Å². The summed E-state index contributed by atoms with van der Waals surface area (Å²) in [5.74, 6) is -0.521. The molecule has 0 bridgehead atoms. The van der Waals surface area contributed by atoms with Gasteiger partial charge in [0.25, 0.3) is 5.91 Å². The largest absolute Gasteiger partial charge is 0.337 e. The van der Waals surface area contributed by atoms with Gasteiger partial charge in [-0.2, -0.15) is 5.26 Å². The minimum atomic E-state index is -3.37. The van der Waals surface area contributed by atoms with Crippen molar-refractivity contribution in [3.8, 4) is 6.07 Å². The van der Waals surface area contributed by atoms with Crippen molar-refractivity contribution < 1.29 is 17.6 Å². The van der Waals surface area contributed by atoms with Crippen LogP contribution in [0.2, 0.25) is 0 Å². The normalized spacial score (nSPS) is 24.0. The molecule has 8 heteroatoms. The zero-order chi connectivity index (χ0) is 17.5. The van der Waals surface area contributed by atoms with E-state index in [0.29, 0.717) is 12.5 Å². The number of carbonyl (C=O) groups is 1. The third-order valence-electron chi connectivity index (χ3n) is 4.52. The first-order valence-electron chi connectivity index (χ1n) is 7.74. The van der Waals surface area contributed by atoms with Crippen LogP contribution in [0.5, 0.6) is 0 Å². The van der Waals surface area contributed by atoms with Gasteiger partial charge in [-0.3, -0.25) is 4.79 Å². The van der Waals surface area contributed by atoms with Gasteiger partial charge < -0.3 is 4.90 Å². The molecule has 1 aliphatic carbocycles. The Kier molecular flexibility index (Phi) is 4.32. The molecule has 1 aliphatic heterocycles. The molecule has 24 heavy (non-hydrogen) atoms. The Bertz CT molecular complexity index is 814. The number of nitriles is 1. The molecule has 0 unspecified atom stereocenters. The van der Waals surface area contributed by atoms with E-state index in [2.05, 4.69) is 4.72 Å². The van der Waals surface area contributed by atoms with E-state index in [-0.39, 0.29) is 35.5 Å². The van der Waals surface area contributed by atoms with E-state index >= 15 is 0 Å². The average molecular weight is 351 g/mol. The van der Waals surface area contributed by atoms with Gasteiger partial charge in [0.2, 0.25) is 10.0 Å². The monoisotopic (exact) mass is 351 g/mol. The van der Waals surface area contributed by atoms with Crippen molar-refractivity contribution in [2.24, 2.45) is 11.8 Å². The van der Waals surface area contributed by atoms with Gasteiger partial charge in [-0.15, -0.1) is 0 Å². The molecule has 2 atom stereocenters. The zero-order valence-corrected chi connectivity index (χ0v) is 14.0. The van der Waals surface area contributed by atoms with Crippen LogP contribution in [-0.2, 0) is 10.0 Å². The van der Waals surface area contributed by atoms with Gasteiger partial charge in [-0.05, 0) is 42.9 Å². The molecule has 1 heterocycles. The summed E-state index contributed by atoms with van der Waals surface area (Å²) >= 11 is 0. The molecule has 128 valence electrons. The molecule has 1 saturated heterocycles. The fourth-order valence-corrected chi connectivity index (χ4v) is 4.16. The summed E-state index contributed by atoms with van der Waals surface area (Å²) < 4.78 is 39.3. The Morgan fingerprint density at radius 3 is 2.62 bits per heavy atom. The molecule has 0 aromatic heterocycles. The summed E-state index contributed by atoms with van der Waals surface area (Å²) in [6.07, 6.45) is 3.17. The number of nitrogens with zero attached hydrogens (tertiary/aromatic N) is 2. The van der Waals surface area contributed by atoms with Crippen molar-refractivity contribution in [3.05, 3.63) is 35.1 Å². The maximum Gasteiger partial charge on any atom is 0.254 e.